The van der Waals surface area contributed by atoms with Crippen LogP contribution in [0.3, 0.4) is 0 Å². The van der Waals surface area contributed by atoms with Gasteiger partial charge in [-0.05, 0) is 19.3 Å². The predicted octanol–water partition coefficient (Wildman–Crippen LogP) is -0.0913. The Morgan fingerprint density at radius 1 is 0.686 bits per heavy atom. The van der Waals surface area contributed by atoms with Crippen molar-refractivity contribution in [1.82, 2.24) is 24.9 Å². The minimum atomic E-state index is -0.944. The Balaban J connectivity index is 2.80. The number of carboxylic acid groups (broad SMARTS) is 2. The third-order valence-electron chi connectivity index (χ3n) is 5.99. The van der Waals surface area contributed by atoms with Crippen molar-refractivity contribution >= 4 is 23.6 Å². The lowest BCUT2D eigenvalue weighted by atomic mass is 10.1. The number of hydrogen-bond acceptors (Lipinski definition) is 8. The first kappa shape index (κ1) is 31.0. The van der Waals surface area contributed by atoms with Crippen molar-refractivity contribution in [3.05, 3.63) is 0 Å². The maximum Gasteiger partial charge on any atom is 0.317 e. The minimum Gasteiger partial charge on any atom is -0.480 e. The van der Waals surface area contributed by atoms with Gasteiger partial charge in [0.05, 0.1) is 26.2 Å². The van der Waals surface area contributed by atoms with Crippen LogP contribution in [0, 0.1) is 5.92 Å². The van der Waals surface area contributed by atoms with Crippen molar-refractivity contribution in [1.29, 1.82) is 0 Å². The zero-order valence-electron chi connectivity index (χ0n) is 21.7. The van der Waals surface area contributed by atoms with Gasteiger partial charge in [-0.3, -0.25) is 38.8 Å². The normalized spacial score (nSPS) is 18.1. The number of hydrogen-bond donors (Lipinski definition) is 3. The second-order valence-electron chi connectivity index (χ2n) is 9.83. The quantitative estimate of drug-likeness (QED) is 0.295. The molecule has 1 heterocycles. The molecule has 3 N–H and O–H groups in total. The number of nitrogens with zero attached hydrogens (tertiary/aromatic N) is 4. The van der Waals surface area contributed by atoms with Crippen molar-refractivity contribution in [2.45, 2.75) is 40.0 Å². The monoisotopic (exact) mass is 499 g/mol. The summed E-state index contributed by atoms with van der Waals surface area (Å²) in [4.78, 5) is 54.5. The van der Waals surface area contributed by atoms with E-state index in [4.69, 9.17) is 0 Å². The molecule has 35 heavy (non-hydrogen) atoms. The highest BCUT2D eigenvalue weighted by molar-refractivity contribution is 5.78. The van der Waals surface area contributed by atoms with E-state index in [1.165, 1.54) is 6.92 Å². The van der Waals surface area contributed by atoms with Gasteiger partial charge in [0.2, 0.25) is 5.91 Å². The first-order chi connectivity index (χ1) is 16.5. The standard InChI is InChI=1S/C24H45N5O6/c1-20(2)6-4-5-7-25-22(31)17-27-10-8-26(16-21(3)30)9-12-28(18-23(32)33)14-15-29(13-11-27)19-24(34)35/h20H,4-19H2,1-3H3,(H,25,31)(H,32,33)(H,34,35). The summed E-state index contributed by atoms with van der Waals surface area (Å²) in [5.41, 5.74) is 0. The Labute approximate surface area is 209 Å². The van der Waals surface area contributed by atoms with E-state index >= 15 is 0 Å². The minimum absolute atomic E-state index is 0.0280. The van der Waals surface area contributed by atoms with E-state index in [-0.39, 0.29) is 37.9 Å². The van der Waals surface area contributed by atoms with Crippen LogP contribution < -0.4 is 5.32 Å². The zero-order valence-corrected chi connectivity index (χ0v) is 21.7. The maximum atomic E-state index is 12.6. The number of carbonyl (C=O) groups excluding carboxylic acids is 2. The van der Waals surface area contributed by atoms with Crippen molar-refractivity contribution in [2.75, 3.05) is 85.1 Å². The third-order valence-corrected chi connectivity index (χ3v) is 5.99. The van der Waals surface area contributed by atoms with Gasteiger partial charge in [0, 0.05) is 58.9 Å². The lowest BCUT2D eigenvalue weighted by Gasteiger charge is -2.33. The summed E-state index contributed by atoms with van der Waals surface area (Å²) in [5.74, 6) is -1.27. The lowest BCUT2D eigenvalue weighted by Crippen LogP contribution is -2.49. The van der Waals surface area contributed by atoms with E-state index in [9.17, 15) is 29.4 Å². The fourth-order valence-corrected chi connectivity index (χ4v) is 4.07. The summed E-state index contributed by atoms with van der Waals surface area (Å²) in [6, 6.07) is 0. The van der Waals surface area contributed by atoms with Crippen LogP contribution in [0.4, 0.5) is 0 Å². The Kier molecular flexibility index (Phi) is 15.4. The molecule has 11 nitrogen and oxygen atoms in total. The smallest absolute Gasteiger partial charge is 0.317 e. The molecule has 0 bridgehead atoms. The molecule has 0 aromatic heterocycles. The molecule has 0 aromatic rings. The number of nitrogens with one attached hydrogen (secondary N) is 1. The van der Waals surface area contributed by atoms with Crippen LogP contribution in [0.15, 0.2) is 0 Å². The molecule has 1 fully saturated rings. The van der Waals surface area contributed by atoms with Gasteiger partial charge in [-0.15, -0.1) is 0 Å². The number of carboxylic acids is 2. The molecule has 0 radical (unpaired) electrons. The number of amides is 1. The van der Waals surface area contributed by atoms with Crippen LogP contribution in [-0.4, -0.2) is 139 Å². The zero-order chi connectivity index (χ0) is 26.2. The Morgan fingerprint density at radius 2 is 1.09 bits per heavy atom. The first-order valence-corrected chi connectivity index (χ1v) is 12.6. The molecule has 1 aliphatic rings. The van der Waals surface area contributed by atoms with Gasteiger partial charge in [0.1, 0.15) is 5.78 Å². The number of ketones is 1. The molecule has 0 aliphatic carbocycles. The summed E-state index contributed by atoms with van der Waals surface area (Å²) in [6.07, 6.45) is 3.15. The number of aliphatic carboxylic acids is 2. The Morgan fingerprint density at radius 3 is 1.46 bits per heavy atom. The van der Waals surface area contributed by atoms with Crippen molar-refractivity contribution in [3.8, 4) is 0 Å². The van der Waals surface area contributed by atoms with Crippen LogP contribution in [0.1, 0.15) is 40.0 Å². The van der Waals surface area contributed by atoms with E-state index in [0.29, 0.717) is 64.8 Å². The highest BCUT2D eigenvalue weighted by Gasteiger charge is 2.20. The fraction of sp³-hybridized carbons (Fsp3) is 0.833. The molecule has 0 spiro atoms. The summed E-state index contributed by atoms with van der Waals surface area (Å²) in [7, 11) is 0. The average molecular weight is 500 g/mol. The summed E-state index contributed by atoms with van der Waals surface area (Å²) >= 11 is 0. The van der Waals surface area contributed by atoms with Crippen LogP contribution in [0.2, 0.25) is 0 Å². The lowest BCUT2D eigenvalue weighted by molar-refractivity contribution is -0.140. The van der Waals surface area contributed by atoms with E-state index in [0.717, 1.165) is 19.3 Å². The maximum absolute atomic E-state index is 12.6. The summed E-state index contributed by atoms with van der Waals surface area (Å²) in [5, 5.41) is 21.5. The van der Waals surface area contributed by atoms with Crippen molar-refractivity contribution in [2.24, 2.45) is 5.92 Å². The van der Waals surface area contributed by atoms with Crippen molar-refractivity contribution in [3.63, 3.8) is 0 Å². The molecule has 1 rings (SSSR count). The van der Waals surface area contributed by atoms with Crippen molar-refractivity contribution < 1.29 is 29.4 Å². The van der Waals surface area contributed by atoms with E-state index in [2.05, 4.69) is 19.2 Å². The second-order valence-corrected chi connectivity index (χ2v) is 9.83. The second kappa shape index (κ2) is 17.4. The molecule has 202 valence electrons. The van der Waals surface area contributed by atoms with E-state index < -0.39 is 11.9 Å². The van der Waals surface area contributed by atoms with Gasteiger partial charge in [0.25, 0.3) is 0 Å². The molecule has 11 heteroatoms. The van der Waals surface area contributed by atoms with Gasteiger partial charge in [0.15, 0.2) is 0 Å². The Bertz CT molecular complexity index is 643. The molecule has 0 saturated carbocycles. The molecule has 0 aromatic carbocycles. The van der Waals surface area contributed by atoms with E-state index in [1.807, 2.05) is 9.80 Å². The number of rotatable bonds is 13. The number of unbranched alkanes of at least 4 members (excludes halogenated alkanes) is 1. The van der Waals surface area contributed by atoms with Crippen LogP contribution in [0.5, 0.6) is 0 Å². The molecule has 0 unspecified atom stereocenters. The van der Waals surface area contributed by atoms with Gasteiger partial charge >= 0.3 is 11.9 Å². The molecule has 0 atom stereocenters. The number of carbonyl (C=O) groups is 4. The average Bonchev–Trinajstić information content (AvgIpc) is 2.74. The SMILES string of the molecule is CC(=O)CN1CCN(CC(=O)O)CCN(CC(=O)O)CCN(CC(=O)NCCCCC(C)C)CC1. The fourth-order valence-electron chi connectivity index (χ4n) is 4.07. The van der Waals surface area contributed by atoms with E-state index in [1.54, 1.807) is 9.80 Å². The predicted molar refractivity (Wildman–Crippen MR) is 133 cm³/mol. The summed E-state index contributed by atoms with van der Waals surface area (Å²) in [6.45, 7) is 10.6. The number of Topliss-reactive ketones (excluding diaryl/α,β-unsaturated/α-hetero) is 1. The van der Waals surface area contributed by atoms with Gasteiger partial charge < -0.3 is 15.5 Å². The van der Waals surface area contributed by atoms with Crippen LogP contribution in [0.25, 0.3) is 0 Å². The molecule has 1 aliphatic heterocycles. The largest absolute Gasteiger partial charge is 0.480 e. The molecular formula is C24H45N5O6. The summed E-state index contributed by atoms with van der Waals surface area (Å²) < 4.78 is 0. The van der Waals surface area contributed by atoms with Crippen LogP contribution >= 0.6 is 0 Å². The topological polar surface area (TPSA) is 134 Å². The first-order valence-electron chi connectivity index (χ1n) is 12.6. The van der Waals surface area contributed by atoms with Gasteiger partial charge in [-0.25, -0.2) is 0 Å². The third kappa shape index (κ3) is 16.3. The highest BCUT2D eigenvalue weighted by Crippen LogP contribution is 2.05. The molecular weight excluding hydrogens is 454 g/mol. The molecule has 1 amide bonds. The van der Waals surface area contributed by atoms with Gasteiger partial charge in [-0.2, -0.15) is 0 Å². The Hall–Kier alpha value is -2.08. The molecule has 1 saturated heterocycles. The van der Waals surface area contributed by atoms with Gasteiger partial charge in [-0.1, -0.05) is 26.7 Å². The van der Waals surface area contributed by atoms with Crippen LogP contribution in [-0.2, 0) is 19.2 Å². The highest BCUT2D eigenvalue weighted by atomic mass is 16.4.